The maximum atomic E-state index is 12.9. The van der Waals surface area contributed by atoms with Crippen molar-refractivity contribution in [3.63, 3.8) is 0 Å². The van der Waals surface area contributed by atoms with Crippen LogP contribution in [0.25, 0.3) is 11.0 Å². The summed E-state index contributed by atoms with van der Waals surface area (Å²) in [4.78, 5) is 32.9. The number of imidazole rings is 1. The van der Waals surface area contributed by atoms with E-state index in [1.54, 1.807) is 33.7 Å². The van der Waals surface area contributed by atoms with Gasteiger partial charge in [0.2, 0.25) is 11.8 Å². The average Bonchev–Trinajstić information content (AvgIpc) is 2.97. The number of para-hydroxylation sites is 2. The van der Waals surface area contributed by atoms with E-state index in [1.165, 1.54) is 0 Å². The molecule has 28 heavy (non-hydrogen) atoms. The molecule has 150 valence electrons. The van der Waals surface area contributed by atoms with Gasteiger partial charge in [0, 0.05) is 32.1 Å². The van der Waals surface area contributed by atoms with Crippen LogP contribution in [0.5, 0.6) is 0 Å². The summed E-state index contributed by atoms with van der Waals surface area (Å²) in [6.45, 7) is 1.98. The first kappa shape index (κ1) is 19.2. The molecule has 4 rings (SSSR count). The number of carbonyl (C=O) groups is 2. The molecule has 6 nitrogen and oxygen atoms in total. The lowest BCUT2D eigenvalue weighted by Crippen LogP contribution is -2.53. The van der Waals surface area contributed by atoms with Crippen molar-refractivity contribution in [1.82, 2.24) is 19.4 Å². The highest BCUT2D eigenvalue weighted by atomic mass is 32.2. The fourth-order valence-corrected chi connectivity index (χ4v) is 4.30. The number of hydrogen-bond donors (Lipinski definition) is 0. The van der Waals surface area contributed by atoms with Crippen LogP contribution in [-0.4, -0.2) is 63.1 Å². The predicted molar refractivity (Wildman–Crippen MR) is 102 cm³/mol. The van der Waals surface area contributed by atoms with Gasteiger partial charge in [-0.3, -0.25) is 9.59 Å². The van der Waals surface area contributed by atoms with Crippen molar-refractivity contribution in [2.75, 3.05) is 26.2 Å². The van der Waals surface area contributed by atoms with Gasteiger partial charge in [-0.15, -0.1) is 0 Å². The molecule has 9 heteroatoms. The molecular weight excluding hydrogens is 386 g/mol. The Morgan fingerprint density at radius 1 is 1.11 bits per heavy atom. The second kappa shape index (κ2) is 8.06. The molecule has 2 fully saturated rings. The van der Waals surface area contributed by atoms with Gasteiger partial charge >= 0.3 is 0 Å². The lowest BCUT2D eigenvalue weighted by Gasteiger charge is -2.38. The largest absolute Gasteiger partial charge is 0.339 e. The number of halogens is 2. The summed E-state index contributed by atoms with van der Waals surface area (Å²) in [6, 6.07) is 7.11. The van der Waals surface area contributed by atoms with E-state index in [4.69, 9.17) is 0 Å². The van der Waals surface area contributed by atoms with E-state index < -0.39 is 5.76 Å². The molecule has 2 aliphatic rings. The molecule has 2 heterocycles. The summed E-state index contributed by atoms with van der Waals surface area (Å²) in [5.74, 6) is -2.38. The van der Waals surface area contributed by atoms with E-state index in [-0.39, 0.29) is 29.4 Å². The van der Waals surface area contributed by atoms with Crippen molar-refractivity contribution in [3.05, 3.63) is 24.3 Å². The highest BCUT2D eigenvalue weighted by Crippen LogP contribution is 2.30. The normalized spacial score (nSPS) is 18.0. The van der Waals surface area contributed by atoms with Crippen LogP contribution >= 0.6 is 11.8 Å². The number of benzene rings is 1. The van der Waals surface area contributed by atoms with Crippen molar-refractivity contribution in [3.8, 4) is 0 Å². The number of nitrogens with zero attached hydrogens (tertiary/aromatic N) is 4. The molecule has 1 saturated heterocycles. The minimum Gasteiger partial charge on any atom is -0.339 e. The molecule has 2 aromatic rings. The van der Waals surface area contributed by atoms with Crippen molar-refractivity contribution in [2.45, 2.75) is 36.7 Å². The fourth-order valence-electron chi connectivity index (χ4n) is 3.70. The molecule has 1 aliphatic heterocycles. The Bertz CT molecular complexity index is 876. The van der Waals surface area contributed by atoms with E-state index in [0.717, 1.165) is 19.3 Å². The smallest absolute Gasteiger partial charge is 0.291 e. The van der Waals surface area contributed by atoms with Gasteiger partial charge in [0.25, 0.3) is 5.76 Å². The van der Waals surface area contributed by atoms with Crippen LogP contribution in [0.15, 0.2) is 29.4 Å². The van der Waals surface area contributed by atoms with Crippen LogP contribution in [0.3, 0.4) is 0 Å². The van der Waals surface area contributed by atoms with Gasteiger partial charge in [-0.25, -0.2) is 4.98 Å². The first-order chi connectivity index (χ1) is 13.5. The van der Waals surface area contributed by atoms with Gasteiger partial charge in [-0.1, -0.05) is 18.6 Å². The Balaban J connectivity index is 1.43. The third-order valence-electron chi connectivity index (χ3n) is 5.51. The quantitative estimate of drug-likeness (QED) is 0.714. The molecular formula is C19H22F2N4O2S. The van der Waals surface area contributed by atoms with Gasteiger partial charge in [-0.05, 0) is 36.7 Å². The van der Waals surface area contributed by atoms with Crippen LogP contribution in [0.1, 0.15) is 19.3 Å². The van der Waals surface area contributed by atoms with Gasteiger partial charge in [0.05, 0.1) is 11.0 Å². The molecule has 0 atom stereocenters. The zero-order chi connectivity index (χ0) is 19.7. The van der Waals surface area contributed by atoms with Crippen molar-refractivity contribution >= 4 is 34.6 Å². The number of amides is 2. The predicted octanol–water partition coefficient (Wildman–Crippen LogP) is 2.82. The number of thioether (sulfide) groups is 1. The highest BCUT2D eigenvalue weighted by Gasteiger charge is 2.32. The summed E-state index contributed by atoms with van der Waals surface area (Å²) in [7, 11) is 0. The van der Waals surface area contributed by atoms with E-state index in [1.807, 2.05) is 4.90 Å². The number of hydrogen-bond acceptors (Lipinski definition) is 4. The standard InChI is InChI=1S/C19H22F2N4O2S/c20-18(21)28-19-22-14-6-1-2-7-15(14)25(19)12-16(26)23-8-10-24(11-9-23)17(27)13-4-3-5-13/h1-2,6-7,13,18H,3-5,8-12H2. The van der Waals surface area contributed by atoms with Crippen molar-refractivity contribution < 1.29 is 18.4 Å². The maximum absolute atomic E-state index is 12.9. The van der Waals surface area contributed by atoms with Gasteiger partial charge < -0.3 is 14.4 Å². The molecule has 1 aromatic carbocycles. The number of piperazine rings is 1. The molecule has 1 aromatic heterocycles. The van der Waals surface area contributed by atoms with Crippen LogP contribution in [-0.2, 0) is 16.1 Å². The van der Waals surface area contributed by atoms with Crippen LogP contribution in [0.2, 0.25) is 0 Å². The third-order valence-corrected chi connectivity index (χ3v) is 6.21. The summed E-state index contributed by atoms with van der Waals surface area (Å²) >= 11 is 0.351. The Labute approximate surface area is 165 Å². The third kappa shape index (κ3) is 3.85. The molecule has 1 saturated carbocycles. The Hall–Kier alpha value is -2.16. The zero-order valence-electron chi connectivity index (χ0n) is 15.4. The maximum Gasteiger partial charge on any atom is 0.291 e. The fraction of sp³-hybridized carbons (Fsp3) is 0.526. The van der Waals surface area contributed by atoms with Crippen molar-refractivity contribution in [1.29, 1.82) is 0 Å². The van der Waals surface area contributed by atoms with Gasteiger partial charge in [0.1, 0.15) is 6.54 Å². The molecule has 0 bridgehead atoms. The Morgan fingerprint density at radius 3 is 2.43 bits per heavy atom. The second-order valence-electron chi connectivity index (χ2n) is 7.18. The SMILES string of the molecule is O=C(Cn1c(SC(F)F)nc2ccccc21)N1CCN(C(=O)C2CCC2)CC1. The van der Waals surface area contributed by atoms with Crippen LogP contribution in [0, 0.1) is 5.92 Å². The number of carbonyl (C=O) groups excluding carboxylic acids is 2. The van der Waals surface area contributed by atoms with E-state index in [9.17, 15) is 18.4 Å². The minimum absolute atomic E-state index is 0.0356. The van der Waals surface area contributed by atoms with Crippen LogP contribution in [0.4, 0.5) is 8.78 Å². The average molecular weight is 408 g/mol. The summed E-state index contributed by atoms with van der Waals surface area (Å²) < 4.78 is 27.4. The molecule has 0 unspecified atom stereocenters. The zero-order valence-corrected chi connectivity index (χ0v) is 16.2. The molecule has 1 aliphatic carbocycles. The molecule has 2 amide bonds. The Kier molecular flexibility index (Phi) is 5.52. The molecule has 0 spiro atoms. The first-order valence-electron chi connectivity index (χ1n) is 9.49. The van der Waals surface area contributed by atoms with E-state index in [0.29, 0.717) is 49.0 Å². The highest BCUT2D eigenvalue weighted by molar-refractivity contribution is 7.99. The summed E-state index contributed by atoms with van der Waals surface area (Å²) in [5, 5.41) is 0.142. The lowest BCUT2D eigenvalue weighted by atomic mass is 9.84. The number of aromatic nitrogens is 2. The number of alkyl halides is 2. The van der Waals surface area contributed by atoms with Crippen LogP contribution < -0.4 is 0 Å². The minimum atomic E-state index is -2.60. The molecule has 0 radical (unpaired) electrons. The van der Waals surface area contributed by atoms with E-state index in [2.05, 4.69) is 4.98 Å². The monoisotopic (exact) mass is 408 g/mol. The van der Waals surface area contributed by atoms with Crippen molar-refractivity contribution in [2.24, 2.45) is 5.92 Å². The van der Waals surface area contributed by atoms with Gasteiger partial charge in [-0.2, -0.15) is 8.78 Å². The second-order valence-corrected chi connectivity index (χ2v) is 8.14. The van der Waals surface area contributed by atoms with E-state index >= 15 is 0 Å². The lowest BCUT2D eigenvalue weighted by molar-refractivity contribution is -0.144. The number of rotatable bonds is 5. The topological polar surface area (TPSA) is 58.4 Å². The first-order valence-corrected chi connectivity index (χ1v) is 10.4. The number of fused-ring (bicyclic) bond motifs is 1. The summed E-state index contributed by atoms with van der Waals surface area (Å²) in [5.41, 5.74) is 1.26. The Morgan fingerprint density at radius 2 is 1.79 bits per heavy atom. The molecule has 0 N–H and O–H groups in total. The van der Waals surface area contributed by atoms with Gasteiger partial charge in [0.15, 0.2) is 5.16 Å². The summed E-state index contributed by atoms with van der Waals surface area (Å²) in [6.07, 6.45) is 3.05.